The molecule has 4 aromatic rings. The number of likely N-dealkylation sites (tertiary alicyclic amines) is 1. The van der Waals surface area contributed by atoms with Gasteiger partial charge in [0.15, 0.2) is 0 Å². The molecule has 1 fully saturated rings. The standard InChI is InChI=1S/C23H26N8O2/c1-3-29(4-2)23-25-13-16-18(27-23)12-17(26-20(16)32)15-6-10-30(11-7-15)21(33)19-14-31-9-5-8-24-22(31)28-19/h5,8-9,12-15H,3-4,6-7,10-11H2,1-2H3,(H,26,32). The molecule has 1 N–H and O–H groups in total. The van der Waals surface area contributed by atoms with E-state index in [0.29, 0.717) is 41.4 Å². The maximum atomic E-state index is 12.9. The maximum absolute atomic E-state index is 12.9. The van der Waals surface area contributed by atoms with Gasteiger partial charge in [-0.15, -0.1) is 0 Å². The van der Waals surface area contributed by atoms with Gasteiger partial charge in [0.05, 0.1) is 10.9 Å². The fraction of sp³-hybridized carbons (Fsp3) is 0.391. The van der Waals surface area contributed by atoms with Crippen molar-refractivity contribution in [3.63, 3.8) is 0 Å². The molecular formula is C23H26N8O2. The van der Waals surface area contributed by atoms with Crippen LogP contribution in [0.2, 0.25) is 0 Å². The highest BCUT2D eigenvalue weighted by atomic mass is 16.2. The maximum Gasteiger partial charge on any atom is 0.274 e. The van der Waals surface area contributed by atoms with Crippen molar-refractivity contribution in [2.75, 3.05) is 31.1 Å². The summed E-state index contributed by atoms with van der Waals surface area (Å²) in [4.78, 5) is 50.0. The largest absolute Gasteiger partial charge is 0.341 e. The SMILES string of the molecule is CCN(CC)c1ncc2c(=O)[nH]c(C3CCN(C(=O)c4cn5cccnc5n4)CC3)cc2n1. The summed E-state index contributed by atoms with van der Waals surface area (Å²) in [7, 11) is 0. The highest BCUT2D eigenvalue weighted by molar-refractivity contribution is 5.92. The lowest BCUT2D eigenvalue weighted by Gasteiger charge is -2.31. The second-order valence-electron chi connectivity index (χ2n) is 8.21. The summed E-state index contributed by atoms with van der Waals surface area (Å²) in [6.45, 7) is 6.90. The fourth-order valence-corrected chi connectivity index (χ4v) is 4.42. The lowest BCUT2D eigenvalue weighted by Crippen LogP contribution is -2.38. The van der Waals surface area contributed by atoms with Crippen molar-refractivity contribution < 1.29 is 4.79 Å². The van der Waals surface area contributed by atoms with E-state index in [0.717, 1.165) is 31.6 Å². The quantitative estimate of drug-likeness (QED) is 0.500. The Morgan fingerprint density at radius 3 is 2.70 bits per heavy atom. The summed E-state index contributed by atoms with van der Waals surface area (Å²) in [6, 6.07) is 3.76. The molecule has 33 heavy (non-hydrogen) atoms. The number of amides is 1. The average Bonchev–Trinajstić information content (AvgIpc) is 3.29. The third kappa shape index (κ3) is 3.92. The van der Waals surface area contributed by atoms with Crippen LogP contribution in [0.15, 0.2) is 41.7 Å². The number of nitrogens with zero attached hydrogens (tertiary/aromatic N) is 7. The number of aromatic nitrogens is 6. The third-order valence-electron chi connectivity index (χ3n) is 6.32. The number of H-pyrrole nitrogens is 1. The molecular weight excluding hydrogens is 420 g/mol. The molecule has 10 nitrogen and oxygen atoms in total. The topological polar surface area (TPSA) is 112 Å². The molecule has 1 amide bonds. The van der Waals surface area contributed by atoms with Crippen LogP contribution in [0.4, 0.5) is 5.95 Å². The van der Waals surface area contributed by atoms with Crippen LogP contribution in [0, 0.1) is 0 Å². The van der Waals surface area contributed by atoms with E-state index in [4.69, 9.17) is 0 Å². The average molecular weight is 447 g/mol. The predicted molar refractivity (Wildman–Crippen MR) is 125 cm³/mol. The van der Waals surface area contributed by atoms with E-state index < -0.39 is 0 Å². The fourth-order valence-electron chi connectivity index (χ4n) is 4.42. The number of fused-ring (bicyclic) bond motifs is 2. The molecule has 1 aliphatic rings. The van der Waals surface area contributed by atoms with Crippen LogP contribution in [0.1, 0.15) is 48.8 Å². The van der Waals surface area contributed by atoms with Crippen molar-refractivity contribution in [2.24, 2.45) is 0 Å². The number of rotatable bonds is 5. The van der Waals surface area contributed by atoms with Crippen molar-refractivity contribution in [3.8, 4) is 0 Å². The minimum absolute atomic E-state index is 0.0949. The molecule has 1 saturated heterocycles. The smallest absolute Gasteiger partial charge is 0.274 e. The lowest BCUT2D eigenvalue weighted by atomic mass is 9.92. The Hall–Kier alpha value is -3.82. The molecule has 0 aliphatic carbocycles. The Bertz CT molecular complexity index is 1330. The molecule has 170 valence electrons. The number of imidazole rings is 1. The van der Waals surface area contributed by atoms with Gasteiger partial charge in [0, 0.05) is 62.6 Å². The number of hydrogen-bond donors (Lipinski definition) is 1. The first-order chi connectivity index (χ1) is 16.1. The van der Waals surface area contributed by atoms with Crippen LogP contribution in [0.5, 0.6) is 0 Å². The van der Waals surface area contributed by atoms with Crippen LogP contribution >= 0.6 is 0 Å². The normalized spacial score (nSPS) is 14.8. The van der Waals surface area contributed by atoms with Crippen molar-refractivity contribution in [1.82, 2.24) is 34.2 Å². The summed E-state index contributed by atoms with van der Waals surface area (Å²) in [5, 5.41) is 0.489. The monoisotopic (exact) mass is 446 g/mol. The summed E-state index contributed by atoms with van der Waals surface area (Å²) < 4.78 is 1.74. The molecule has 0 atom stereocenters. The first kappa shape index (κ1) is 21.0. The van der Waals surface area contributed by atoms with Gasteiger partial charge in [0.1, 0.15) is 5.69 Å². The zero-order valence-electron chi connectivity index (χ0n) is 18.7. The van der Waals surface area contributed by atoms with E-state index in [1.54, 1.807) is 29.1 Å². The van der Waals surface area contributed by atoms with Gasteiger partial charge in [-0.25, -0.2) is 19.9 Å². The second kappa shape index (κ2) is 8.61. The molecule has 5 heterocycles. The van der Waals surface area contributed by atoms with Crippen LogP contribution < -0.4 is 10.5 Å². The third-order valence-corrected chi connectivity index (χ3v) is 6.32. The molecule has 0 aromatic carbocycles. The molecule has 0 unspecified atom stereocenters. The Labute approximate surface area is 190 Å². The highest BCUT2D eigenvalue weighted by Gasteiger charge is 2.27. The number of pyridine rings is 1. The number of nitrogens with one attached hydrogen (secondary N) is 1. The van der Waals surface area contributed by atoms with Gasteiger partial charge in [-0.3, -0.25) is 14.0 Å². The van der Waals surface area contributed by atoms with E-state index in [1.165, 1.54) is 0 Å². The molecule has 0 radical (unpaired) electrons. The Balaban J connectivity index is 1.34. The highest BCUT2D eigenvalue weighted by Crippen LogP contribution is 2.28. The van der Waals surface area contributed by atoms with Crippen molar-refractivity contribution in [2.45, 2.75) is 32.6 Å². The molecule has 0 saturated carbocycles. The van der Waals surface area contributed by atoms with E-state index in [-0.39, 0.29) is 17.4 Å². The Morgan fingerprint density at radius 2 is 1.97 bits per heavy atom. The van der Waals surface area contributed by atoms with Gasteiger partial charge in [0.25, 0.3) is 11.5 Å². The Morgan fingerprint density at radius 1 is 1.18 bits per heavy atom. The van der Waals surface area contributed by atoms with Gasteiger partial charge >= 0.3 is 0 Å². The Kier molecular flexibility index (Phi) is 5.49. The summed E-state index contributed by atoms with van der Waals surface area (Å²) >= 11 is 0. The van der Waals surface area contributed by atoms with Gasteiger partial charge < -0.3 is 14.8 Å². The number of piperidine rings is 1. The van der Waals surface area contributed by atoms with Crippen LogP contribution in [0.3, 0.4) is 0 Å². The second-order valence-corrected chi connectivity index (χ2v) is 8.21. The number of anilines is 1. The van der Waals surface area contributed by atoms with E-state index in [9.17, 15) is 9.59 Å². The summed E-state index contributed by atoms with van der Waals surface area (Å²) in [5.41, 5.74) is 1.73. The molecule has 4 aromatic heterocycles. The van der Waals surface area contributed by atoms with Gasteiger partial charge in [-0.1, -0.05) is 0 Å². The zero-order chi connectivity index (χ0) is 22.9. The summed E-state index contributed by atoms with van der Waals surface area (Å²) in [5.74, 6) is 1.20. The number of hydrogen-bond acceptors (Lipinski definition) is 7. The van der Waals surface area contributed by atoms with Gasteiger partial charge in [0.2, 0.25) is 11.7 Å². The summed E-state index contributed by atoms with van der Waals surface area (Å²) in [6.07, 6.45) is 8.31. The molecule has 1 aliphatic heterocycles. The van der Waals surface area contributed by atoms with E-state index in [1.807, 2.05) is 17.2 Å². The number of carbonyl (C=O) groups excluding carboxylic acids is 1. The van der Waals surface area contributed by atoms with E-state index in [2.05, 4.69) is 43.7 Å². The lowest BCUT2D eigenvalue weighted by molar-refractivity contribution is 0.0706. The van der Waals surface area contributed by atoms with E-state index >= 15 is 0 Å². The van der Waals surface area contributed by atoms with Gasteiger partial charge in [-0.2, -0.15) is 0 Å². The molecule has 5 rings (SSSR count). The van der Waals surface area contributed by atoms with Crippen molar-refractivity contribution in [3.05, 3.63) is 58.7 Å². The molecule has 0 bridgehead atoms. The number of aromatic amines is 1. The molecule has 10 heteroatoms. The van der Waals surface area contributed by atoms with Crippen LogP contribution in [0.25, 0.3) is 16.7 Å². The minimum atomic E-state index is -0.177. The van der Waals surface area contributed by atoms with Crippen LogP contribution in [-0.4, -0.2) is 66.3 Å². The minimum Gasteiger partial charge on any atom is -0.341 e. The van der Waals surface area contributed by atoms with Gasteiger partial charge in [-0.05, 0) is 38.8 Å². The zero-order valence-corrected chi connectivity index (χ0v) is 18.7. The number of carbonyl (C=O) groups is 1. The molecule has 0 spiro atoms. The van der Waals surface area contributed by atoms with Crippen molar-refractivity contribution >= 4 is 28.5 Å². The predicted octanol–water partition coefficient (Wildman–Crippen LogP) is 2.23. The van der Waals surface area contributed by atoms with Crippen molar-refractivity contribution in [1.29, 1.82) is 0 Å². The van der Waals surface area contributed by atoms with Crippen LogP contribution in [-0.2, 0) is 0 Å². The first-order valence-corrected chi connectivity index (χ1v) is 11.3. The first-order valence-electron chi connectivity index (χ1n) is 11.3.